The first kappa shape index (κ1) is 16.7. The Morgan fingerprint density at radius 1 is 1.35 bits per heavy atom. The highest BCUT2D eigenvalue weighted by Crippen LogP contribution is 2.30. The van der Waals surface area contributed by atoms with Crippen molar-refractivity contribution in [3.8, 4) is 0 Å². The molecule has 0 saturated heterocycles. The summed E-state index contributed by atoms with van der Waals surface area (Å²) in [6, 6.07) is 3.65. The van der Waals surface area contributed by atoms with Crippen LogP contribution in [0.2, 0.25) is 0 Å². The number of anilines is 1. The van der Waals surface area contributed by atoms with Gasteiger partial charge in [-0.25, -0.2) is 8.42 Å². The van der Waals surface area contributed by atoms with Gasteiger partial charge in [0.05, 0.1) is 10.6 Å². The van der Waals surface area contributed by atoms with E-state index in [1.54, 1.807) is 6.92 Å². The molecule has 0 bridgehead atoms. The molecule has 1 atom stereocenters. The van der Waals surface area contributed by atoms with Crippen molar-refractivity contribution in [2.45, 2.75) is 24.8 Å². The maximum Gasteiger partial charge on any atom is 0.416 e. The Morgan fingerprint density at radius 3 is 2.20 bits per heavy atom. The largest absolute Gasteiger partial charge is 0.416 e. The molecule has 112 valence electrons. The average Bonchev–Trinajstić information content (AvgIpc) is 2.27. The lowest BCUT2D eigenvalue weighted by Gasteiger charge is -2.16. The summed E-state index contributed by atoms with van der Waals surface area (Å²) in [4.78, 5) is -0.188. The van der Waals surface area contributed by atoms with E-state index in [0.717, 1.165) is 24.3 Å². The van der Waals surface area contributed by atoms with Crippen molar-refractivity contribution in [1.29, 1.82) is 0 Å². The predicted molar refractivity (Wildman–Crippen MR) is 74.9 cm³/mol. The molecule has 0 amide bonds. The van der Waals surface area contributed by atoms with E-state index in [2.05, 4.69) is 16.9 Å². The number of benzene rings is 1. The van der Waals surface area contributed by atoms with E-state index in [-0.39, 0.29) is 17.1 Å². The van der Waals surface area contributed by atoms with Crippen LogP contribution in [0.3, 0.4) is 0 Å². The SMILES string of the molecule is CCC(C(N)=S)S(=O)(=O)Nc1ccc(C(F)(F)F)cc1. The van der Waals surface area contributed by atoms with Crippen LogP contribution in [-0.2, 0) is 16.2 Å². The zero-order chi connectivity index (χ0) is 15.6. The first-order valence-corrected chi connectivity index (χ1v) is 7.51. The number of nitrogens with two attached hydrogens (primary N) is 1. The molecule has 0 heterocycles. The van der Waals surface area contributed by atoms with Crippen LogP contribution in [0, 0.1) is 0 Å². The third-order valence-corrected chi connectivity index (χ3v) is 4.83. The van der Waals surface area contributed by atoms with Crippen molar-refractivity contribution >= 4 is 32.9 Å². The molecule has 3 N–H and O–H groups in total. The number of alkyl halides is 3. The maximum atomic E-state index is 12.4. The molecule has 1 unspecified atom stereocenters. The van der Waals surface area contributed by atoms with Gasteiger partial charge in [-0.15, -0.1) is 0 Å². The van der Waals surface area contributed by atoms with E-state index in [9.17, 15) is 21.6 Å². The molecule has 0 fully saturated rings. The van der Waals surface area contributed by atoms with E-state index in [1.165, 1.54) is 0 Å². The zero-order valence-electron chi connectivity index (χ0n) is 10.4. The van der Waals surface area contributed by atoms with Crippen LogP contribution >= 0.6 is 12.2 Å². The van der Waals surface area contributed by atoms with Crippen molar-refractivity contribution in [2.24, 2.45) is 5.73 Å². The maximum absolute atomic E-state index is 12.4. The quantitative estimate of drug-likeness (QED) is 0.816. The molecule has 0 aliphatic rings. The van der Waals surface area contributed by atoms with Gasteiger partial charge in [-0.3, -0.25) is 4.72 Å². The summed E-state index contributed by atoms with van der Waals surface area (Å²) in [6.45, 7) is 1.59. The van der Waals surface area contributed by atoms with Gasteiger partial charge < -0.3 is 5.73 Å². The van der Waals surface area contributed by atoms with Crippen molar-refractivity contribution in [3.63, 3.8) is 0 Å². The van der Waals surface area contributed by atoms with Gasteiger partial charge in [-0.1, -0.05) is 19.1 Å². The van der Waals surface area contributed by atoms with E-state index >= 15 is 0 Å². The molecule has 1 aromatic rings. The van der Waals surface area contributed by atoms with Gasteiger partial charge in [0.25, 0.3) is 0 Å². The van der Waals surface area contributed by atoms with Crippen molar-refractivity contribution < 1.29 is 21.6 Å². The minimum absolute atomic E-state index is 0.0210. The zero-order valence-corrected chi connectivity index (χ0v) is 12.1. The van der Waals surface area contributed by atoms with Crippen LogP contribution in [0.1, 0.15) is 18.9 Å². The molecule has 0 spiro atoms. The standard InChI is InChI=1S/C11H13F3N2O2S2/c1-2-9(10(15)19)20(17,18)16-8-5-3-7(4-6-8)11(12,13)14/h3-6,9,16H,2H2,1H3,(H2,15,19). The van der Waals surface area contributed by atoms with Crippen LogP contribution in [0.25, 0.3) is 0 Å². The lowest BCUT2D eigenvalue weighted by molar-refractivity contribution is -0.137. The van der Waals surface area contributed by atoms with Gasteiger partial charge in [-0.05, 0) is 30.7 Å². The second-order valence-electron chi connectivity index (χ2n) is 4.02. The van der Waals surface area contributed by atoms with E-state index in [0.29, 0.717) is 0 Å². The fourth-order valence-electron chi connectivity index (χ4n) is 1.54. The van der Waals surface area contributed by atoms with Crippen LogP contribution in [-0.4, -0.2) is 18.7 Å². The summed E-state index contributed by atoms with van der Waals surface area (Å²) < 4.78 is 63.2. The second-order valence-corrected chi connectivity index (χ2v) is 6.36. The number of rotatable bonds is 5. The third-order valence-electron chi connectivity index (χ3n) is 2.54. The summed E-state index contributed by atoms with van der Waals surface area (Å²) in [7, 11) is -3.87. The number of hydrogen-bond acceptors (Lipinski definition) is 3. The molecular weight excluding hydrogens is 313 g/mol. The van der Waals surface area contributed by atoms with Crippen molar-refractivity contribution in [1.82, 2.24) is 0 Å². The number of hydrogen-bond donors (Lipinski definition) is 2. The van der Waals surface area contributed by atoms with E-state index in [4.69, 9.17) is 5.73 Å². The monoisotopic (exact) mass is 326 g/mol. The summed E-state index contributed by atoms with van der Waals surface area (Å²) in [5, 5.41) is -1.07. The number of halogens is 3. The van der Waals surface area contributed by atoms with Gasteiger partial charge in [-0.2, -0.15) is 13.2 Å². The second kappa shape index (κ2) is 5.96. The highest BCUT2D eigenvalue weighted by molar-refractivity contribution is 7.95. The molecule has 1 rings (SSSR count). The average molecular weight is 326 g/mol. The lowest BCUT2D eigenvalue weighted by atomic mass is 10.2. The van der Waals surface area contributed by atoms with E-state index in [1.807, 2.05) is 0 Å². The first-order chi connectivity index (χ1) is 9.08. The molecule has 0 aromatic heterocycles. The Balaban J connectivity index is 2.96. The molecule has 0 saturated carbocycles. The van der Waals surface area contributed by atoms with Crippen molar-refractivity contribution in [2.75, 3.05) is 4.72 Å². The third kappa shape index (κ3) is 4.07. The summed E-state index contributed by atoms with van der Waals surface area (Å²) >= 11 is 4.66. The molecular formula is C11H13F3N2O2S2. The van der Waals surface area contributed by atoms with Crippen molar-refractivity contribution in [3.05, 3.63) is 29.8 Å². The molecule has 0 aliphatic carbocycles. The Hall–Kier alpha value is -1.35. The molecule has 0 aliphatic heterocycles. The van der Waals surface area contributed by atoms with Crippen LogP contribution < -0.4 is 10.5 Å². The van der Waals surface area contributed by atoms with Gasteiger partial charge in [0.1, 0.15) is 5.25 Å². The number of thiocarbonyl (C=S) groups is 1. The first-order valence-electron chi connectivity index (χ1n) is 5.56. The summed E-state index contributed by atoms with van der Waals surface area (Å²) in [5.41, 5.74) is 4.49. The van der Waals surface area contributed by atoms with Gasteiger partial charge in [0.15, 0.2) is 0 Å². The van der Waals surface area contributed by atoms with Crippen LogP contribution in [0.15, 0.2) is 24.3 Å². The Morgan fingerprint density at radius 2 is 1.85 bits per heavy atom. The highest BCUT2D eigenvalue weighted by Gasteiger charge is 2.30. The highest BCUT2D eigenvalue weighted by atomic mass is 32.2. The van der Waals surface area contributed by atoms with Gasteiger partial charge >= 0.3 is 6.18 Å². The van der Waals surface area contributed by atoms with Gasteiger partial charge in [0.2, 0.25) is 10.0 Å². The molecule has 20 heavy (non-hydrogen) atoms. The Bertz CT molecular complexity index is 583. The minimum Gasteiger partial charge on any atom is -0.392 e. The molecule has 0 radical (unpaired) electrons. The topological polar surface area (TPSA) is 72.2 Å². The van der Waals surface area contributed by atoms with Crippen LogP contribution in [0.5, 0.6) is 0 Å². The molecule has 4 nitrogen and oxygen atoms in total. The number of nitrogens with one attached hydrogen (secondary N) is 1. The Kier molecular flexibility index (Phi) is 4.98. The van der Waals surface area contributed by atoms with Crippen LogP contribution in [0.4, 0.5) is 18.9 Å². The fourth-order valence-corrected chi connectivity index (χ4v) is 3.43. The predicted octanol–water partition coefficient (Wildman–Crippen LogP) is 2.51. The summed E-state index contributed by atoms with van der Waals surface area (Å²) in [5.74, 6) is 0. The fraction of sp³-hybridized carbons (Fsp3) is 0.364. The Labute approximate surface area is 120 Å². The molecule has 9 heteroatoms. The lowest BCUT2D eigenvalue weighted by Crippen LogP contribution is -2.37. The smallest absolute Gasteiger partial charge is 0.392 e. The van der Waals surface area contributed by atoms with E-state index < -0.39 is 27.0 Å². The van der Waals surface area contributed by atoms with Gasteiger partial charge in [0, 0.05) is 5.69 Å². The summed E-state index contributed by atoms with van der Waals surface area (Å²) in [6.07, 6.45) is -4.30. The molecule has 1 aromatic carbocycles. The minimum atomic E-state index is -4.47. The number of sulfonamides is 1. The normalized spacial score (nSPS) is 13.8.